The highest BCUT2D eigenvalue weighted by molar-refractivity contribution is 5.96. The van der Waals surface area contributed by atoms with Gasteiger partial charge < -0.3 is 24.6 Å². The molecule has 7 heteroatoms. The molecule has 0 aliphatic carbocycles. The molecule has 144 valence electrons. The quantitative estimate of drug-likeness (QED) is 0.763. The lowest BCUT2D eigenvalue weighted by Gasteiger charge is -2.24. The molecule has 2 rings (SSSR count). The van der Waals surface area contributed by atoms with Crippen LogP contribution in [0.2, 0.25) is 0 Å². The molecule has 1 aromatic rings. The normalized spacial score (nSPS) is 16.8. The molecule has 1 atom stereocenters. The number of urea groups is 1. The molecule has 3 amide bonds. The number of rotatable bonds is 8. The van der Waals surface area contributed by atoms with E-state index >= 15 is 0 Å². The molecule has 1 saturated heterocycles. The SMILES string of the molecule is COCCN(CCOC)C(=O)N[C@@H]1CC(=O)N(c2ccc(C)c(C)c2)C1. The van der Waals surface area contributed by atoms with E-state index in [0.717, 1.165) is 11.3 Å². The van der Waals surface area contributed by atoms with E-state index in [1.54, 1.807) is 24.0 Å². The summed E-state index contributed by atoms with van der Waals surface area (Å²) in [6.45, 7) is 6.42. The van der Waals surface area contributed by atoms with E-state index in [9.17, 15) is 9.59 Å². The zero-order valence-corrected chi connectivity index (χ0v) is 16.1. The maximum atomic E-state index is 12.5. The van der Waals surface area contributed by atoms with Crippen LogP contribution in [0.15, 0.2) is 18.2 Å². The van der Waals surface area contributed by atoms with Crippen molar-refractivity contribution < 1.29 is 19.1 Å². The van der Waals surface area contributed by atoms with Crippen LogP contribution in [0.1, 0.15) is 17.5 Å². The van der Waals surface area contributed by atoms with Crippen LogP contribution in [-0.2, 0) is 14.3 Å². The Bertz CT molecular complexity index is 627. The largest absolute Gasteiger partial charge is 0.383 e. The lowest BCUT2D eigenvalue weighted by molar-refractivity contribution is -0.117. The van der Waals surface area contributed by atoms with E-state index in [-0.39, 0.29) is 18.0 Å². The fourth-order valence-electron chi connectivity index (χ4n) is 2.93. The molecule has 7 nitrogen and oxygen atoms in total. The van der Waals surface area contributed by atoms with E-state index in [0.29, 0.717) is 39.3 Å². The summed E-state index contributed by atoms with van der Waals surface area (Å²) in [5.41, 5.74) is 3.22. The number of nitrogens with one attached hydrogen (secondary N) is 1. The lowest BCUT2D eigenvalue weighted by atomic mass is 10.1. The van der Waals surface area contributed by atoms with E-state index in [1.165, 1.54) is 5.56 Å². The Hall–Kier alpha value is -2.12. The summed E-state index contributed by atoms with van der Waals surface area (Å²) < 4.78 is 10.1. The van der Waals surface area contributed by atoms with Gasteiger partial charge >= 0.3 is 6.03 Å². The summed E-state index contributed by atoms with van der Waals surface area (Å²) in [4.78, 5) is 28.3. The molecule has 1 fully saturated rings. The number of ether oxygens (including phenoxy) is 2. The zero-order chi connectivity index (χ0) is 19.1. The first kappa shape index (κ1) is 20.2. The van der Waals surface area contributed by atoms with Crippen LogP contribution in [-0.4, -0.2) is 69.9 Å². The predicted octanol–water partition coefficient (Wildman–Crippen LogP) is 1.71. The average Bonchev–Trinajstić information content (AvgIpc) is 2.97. The van der Waals surface area contributed by atoms with Gasteiger partial charge in [0.1, 0.15) is 0 Å². The minimum absolute atomic E-state index is 0.0267. The molecule has 0 saturated carbocycles. The highest BCUT2D eigenvalue weighted by atomic mass is 16.5. The Morgan fingerprint density at radius 1 is 1.19 bits per heavy atom. The van der Waals surface area contributed by atoms with Gasteiger partial charge in [-0.15, -0.1) is 0 Å². The molecule has 26 heavy (non-hydrogen) atoms. The highest BCUT2D eigenvalue weighted by Crippen LogP contribution is 2.24. The van der Waals surface area contributed by atoms with Crippen molar-refractivity contribution >= 4 is 17.6 Å². The Balaban J connectivity index is 1.98. The summed E-state index contributed by atoms with van der Waals surface area (Å²) in [5, 5.41) is 2.97. The maximum Gasteiger partial charge on any atom is 0.317 e. The summed E-state index contributed by atoms with van der Waals surface area (Å²) in [5.74, 6) is 0.0267. The second-order valence-corrected chi connectivity index (χ2v) is 6.60. The van der Waals surface area contributed by atoms with Gasteiger partial charge in [-0.3, -0.25) is 4.79 Å². The van der Waals surface area contributed by atoms with E-state index in [2.05, 4.69) is 5.32 Å². The summed E-state index contributed by atoms with van der Waals surface area (Å²) in [7, 11) is 3.20. The number of amides is 3. The third-order valence-corrected chi connectivity index (χ3v) is 4.67. The second kappa shape index (κ2) is 9.54. The Kier molecular flexibility index (Phi) is 7.41. The minimum atomic E-state index is -0.204. The van der Waals surface area contributed by atoms with Gasteiger partial charge in [0.15, 0.2) is 0 Å². The average molecular weight is 363 g/mol. The van der Waals surface area contributed by atoms with E-state index < -0.39 is 0 Å². The highest BCUT2D eigenvalue weighted by Gasteiger charge is 2.32. The van der Waals surface area contributed by atoms with Crippen molar-refractivity contribution in [3.05, 3.63) is 29.3 Å². The Morgan fingerprint density at radius 2 is 1.85 bits per heavy atom. The van der Waals surface area contributed by atoms with Gasteiger partial charge in [0.25, 0.3) is 0 Å². The standard InChI is InChI=1S/C19H29N3O4/c1-14-5-6-17(11-15(14)2)22-13-16(12-18(22)23)20-19(24)21(7-9-25-3)8-10-26-4/h5-6,11,16H,7-10,12-13H2,1-4H3,(H,20,24)/t16-/m1/s1. The number of benzene rings is 1. The van der Waals surface area contributed by atoms with Crippen LogP contribution in [0.3, 0.4) is 0 Å². The van der Waals surface area contributed by atoms with Crippen LogP contribution >= 0.6 is 0 Å². The number of hydrogen-bond acceptors (Lipinski definition) is 4. The lowest BCUT2D eigenvalue weighted by Crippen LogP contribution is -2.47. The van der Waals surface area contributed by atoms with E-state index in [1.807, 2.05) is 32.0 Å². The molecule has 0 radical (unpaired) electrons. The van der Waals surface area contributed by atoms with Gasteiger partial charge in [0.2, 0.25) is 5.91 Å². The Morgan fingerprint density at radius 3 is 2.42 bits per heavy atom. The van der Waals surface area contributed by atoms with Crippen molar-refractivity contribution in [2.24, 2.45) is 0 Å². The third-order valence-electron chi connectivity index (χ3n) is 4.67. The molecule has 1 aliphatic rings. The van der Waals surface area contributed by atoms with Crippen LogP contribution in [0.5, 0.6) is 0 Å². The molecule has 1 N–H and O–H groups in total. The third kappa shape index (κ3) is 5.19. The summed E-state index contributed by atoms with van der Waals surface area (Å²) in [6.07, 6.45) is 0.307. The van der Waals surface area contributed by atoms with Crippen LogP contribution < -0.4 is 10.2 Å². The summed E-state index contributed by atoms with van der Waals surface area (Å²) >= 11 is 0. The summed E-state index contributed by atoms with van der Waals surface area (Å²) in [6, 6.07) is 5.58. The number of aryl methyl sites for hydroxylation is 2. The smallest absolute Gasteiger partial charge is 0.317 e. The van der Waals surface area contributed by atoms with Crippen LogP contribution in [0.4, 0.5) is 10.5 Å². The molecular formula is C19H29N3O4. The minimum Gasteiger partial charge on any atom is -0.383 e. The molecular weight excluding hydrogens is 334 g/mol. The number of hydrogen-bond donors (Lipinski definition) is 1. The van der Waals surface area contributed by atoms with Gasteiger partial charge in [-0.2, -0.15) is 0 Å². The van der Waals surface area contributed by atoms with Crippen LogP contribution in [0, 0.1) is 13.8 Å². The fourth-order valence-corrected chi connectivity index (χ4v) is 2.93. The number of anilines is 1. The predicted molar refractivity (Wildman–Crippen MR) is 101 cm³/mol. The van der Waals surface area contributed by atoms with E-state index in [4.69, 9.17) is 9.47 Å². The van der Waals surface area contributed by atoms with Gasteiger partial charge in [0.05, 0.1) is 19.3 Å². The van der Waals surface area contributed by atoms with Gasteiger partial charge in [-0.05, 0) is 37.1 Å². The van der Waals surface area contributed by atoms with Crippen molar-refractivity contribution in [2.45, 2.75) is 26.3 Å². The van der Waals surface area contributed by atoms with Crippen molar-refractivity contribution in [1.29, 1.82) is 0 Å². The maximum absolute atomic E-state index is 12.5. The molecule has 1 aromatic carbocycles. The molecule has 1 heterocycles. The van der Waals surface area contributed by atoms with Crippen molar-refractivity contribution in [3.63, 3.8) is 0 Å². The first-order valence-electron chi connectivity index (χ1n) is 8.87. The van der Waals surface area contributed by atoms with Crippen molar-refractivity contribution in [3.8, 4) is 0 Å². The molecule has 0 unspecified atom stereocenters. The zero-order valence-electron chi connectivity index (χ0n) is 16.1. The number of methoxy groups -OCH3 is 2. The van der Waals surface area contributed by atoms with Gasteiger partial charge in [0, 0.05) is 46.0 Å². The monoisotopic (exact) mass is 363 g/mol. The van der Waals surface area contributed by atoms with Crippen molar-refractivity contribution in [2.75, 3.05) is 52.0 Å². The molecule has 0 spiro atoms. The second-order valence-electron chi connectivity index (χ2n) is 6.60. The number of nitrogens with zero attached hydrogens (tertiary/aromatic N) is 2. The molecule has 0 aromatic heterocycles. The first-order valence-corrected chi connectivity index (χ1v) is 8.87. The topological polar surface area (TPSA) is 71.1 Å². The fraction of sp³-hybridized carbons (Fsp3) is 0.579. The van der Waals surface area contributed by atoms with Crippen molar-refractivity contribution in [1.82, 2.24) is 10.2 Å². The molecule has 0 bridgehead atoms. The van der Waals surface area contributed by atoms with Crippen LogP contribution in [0.25, 0.3) is 0 Å². The Labute approximate surface area is 155 Å². The number of carbonyl (C=O) groups excluding carboxylic acids is 2. The number of carbonyl (C=O) groups is 2. The molecule has 1 aliphatic heterocycles. The van der Waals surface area contributed by atoms with Gasteiger partial charge in [-0.25, -0.2) is 4.79 Å². The van der Waals surface area contributed by atoms with Gasteiger partial charge in [-0.1, -0.05) is 6.07 Å². The first-order chi connectivity index (χ1) is 12.5.